The fraction of sp³-hybridized carbons (Fsp3) is 0.381. The molecule has 0 aromatic heterocycles. The predicted molar refractivity (Wildman–Crippen MR) is 105 cm³/mol. The maximum Gasteiger partial charge on any atom is 0.260 e. The SMILES string of the molecule is Cc1cccc(OCCNC(=O)[C@@H](C)Oc2cc(C)c(Cl)c(C)c2)c1C. The summed E-state index contributed by atoms with van der Waals surface area (Å²) < 4.78 is 11.5. The van der Waals surface area contributed by atoms with Crippen molar-refractivity contribution in [1.82, 2.24) is 5.32 Å². The fourth-order valence-electron chi connectivity index (χ4n) is 2.59. The van der Waals surface area contributed by atoms with Gasteiger partial charge in [0.1, 0.15) is 18.1 Å². The Morgan fingerprint density at radius 3 is 2.42 bits per heavy atom. The molecule has 4 nitrogen and oxygen atoms in total. The van der Waals surface area contributed by atoms with E-state index in [1.807, 2.05) is 58.0 Å². The van der Waals surface area contributed by atoms with Gasteiger partial charge in [-0.3, -0.25) is 4.79 Å². The third-order valence-corrected chi connectivity index (χ3v) is 4.90. The topological polar surface area (TPSA) is 47.6 Å². The number of hydrogen-bond donors (Lipinski definition) is 1. The van der Waals surface area contributed by atoms with Crippen LogP contribution in [0.1, 0.15) is 29.2 Å². The van der Waals surface area contributed by atoms with Crippen molar-refractivity contribution in [2.24, 2.45) is 0 Å². The van der Waals surface area contributed by atoms with Crippen LogP contribution in [0, 0.1) is 27.7 Å². The van der Waals surface area contributed by atoms with Gasteiger partial charge < -0.3 is 14.8 Å². The molecule has 26 heavy (non-hydrogen) atoms. The number of carbonyl (C=O) groups is 1. The van der Waals surface area contributed by atoms with E-state index in [2.05, 4.69) is 5.32 Å². The number of carbonyl (C=O) groups excluding carboxylic acids is 1. The molecule has 0 bridgehead atoms. The molecule has 1 atom stereocenters. The van der Waals surface area contributed by atoms with E-state index in [0.717, 1.165) is 27.5 Å². The highest BCUT2D eigenvalue weighted by atomic mass is 35.5. The molecule has 140 valence electrons. The Morgan fingerprint density at radius 1 is 1.12 bits per heavy atom. The first kappa shape index (κ1) is 20.1. The Hall–Kier alpha value is -2.20. The number of rotatable bonds is 7. The van der Waals surface area contributed by atoms with E-state index in [0.29, 0.717) is 18.9 Å². The van der Waals surface area contributed by atoms with Gasteiger partial charge in [0.15, 0.2) is 6.10 Å². The van der Waals surface area contributed by atoms with Crippen LogP contribution in [0.4, 0.5) is 0 Å². The second-order valence-electron chi connectivity index (χ2n) is 6.47. The normalized spacial score (nSPS) is 11.8. The van der Waals surface area contributed by atoms with Gasteiger partial charge in [0.25, 0.3) is 5.91 Å². The molecule has 0 aliphatic rings. The molecule has 1 amide bonds. The van der Waals surface area contributed by atoms with E-state index >= 15 is 0 Å². The van der Waals surface area contributed by atoms with E-state index in [1.54, 1.807) is 6.92 Å². The predicted octanol–water partition coefficient (Wildman–Crippen LogP) is 4.54. The quantitative estimate of drug-likeness (QED) is 0.723. The first-order valence-corrected chi connectivity index (χ1v) is 9.07. The van der Waals surface area contributed by atoms with Gasteiger partial charge in [-0.05, 0) is 75.1 Å². The number of ether oxygens (including phenoxy) is 2. The first-order chi connectivity index (χ1) is 12.3. The van der Waals surface area contributed by atoms with Gasteiger partial charge in [0, 0.05) is 5.02 Å². The van der Waals surface area contributed by atoms with E-state index in [9.17, 15) is 4.79 Å². The van der Waals surface area contributed by atoms with Crippen LogP contribution in [0.15, 0.2) is 30.3 Å². The molecule has 0 saturated carbocycles. The van der Waals surface area contributed by atoms with Crippen molar-refractivity contribution in [3.63, 3.8) is 0 Å². The molecule has 0 spiro atoms. The molecule has 5 heteroatoms. The van der Waals surface area contributed by atoms with Crippen molar-refractivity contribution in [2.75, 3.05) is 13.2 Å². The van der Waals surface area contributed by atoms with E-state index in [1.165, 1.54) is 5.56 Å². The van der Waals surface area contributed by atoms with Crippen LogP contribution in [-0.2, 0) is 4.79 Å². The number of benzene rings is 2. The minimum atomic E-state index is -0.601. The zero-order valence-corrected chi connectivity index (χ0v) is 16.7. The molecule has 0 aliphatic heterocycles. The lowest BCUT2D eigenvalue weighted by molar-refractivity contribution is -0.127. The number of halogens is 1. The fourth-order valence-corrected chi connectivity index (χ4v) is 2.70. The second-order valence-corrected chi connectivity index (χ2v) is 6.85. The summed E-state index contributed by atoms with van der Waals surface area (Å²) in [7, 11) is 0. The molecule has 0 saturated heterocycles. The van der Waals surface area contributed by atoms with Gasteiger partial charge >= 0.3 is 0 Å². The van der Waals surface area contributed by atoms with E-state index in [-0.39, 0.29) is 5.91 Å². The summed E-state index contributed by atoms with van der Waals surface area (Å²) in [6.07, 6.45) is -0.601. The molecule has 0 unspecified atom stereocenters. The highest BCUT2D eigenvalue weighted by molar-refractivity contribution is 6.32. The summed E-state index contributed by atoms with van der Waals surface area (Å²) >= 11 is 6.16. The van der Waals surface area contributed by atoms with Gasteiger partial charge in [-0.25, -0.2) is 0 Å². The van der Waals surface area contributed by atoms with E-state index < -0.39 is 6.10 Å². The molecule has 1 N–H and O–H groups in total. The summed E-state index contributed by atoms with van der Waals surface area (Å²) in [5.41, 5.74) is 4.15. The average molecular weight is 376 g/mol. The first-order valence-electron chi connectivity index (χ1n) is 8.69. The molecular weight excluding hydrogens is 350 g/mol. The van der Waals surface area contributed by atoms with E-state index in [4.69, 9.17) is 21.1 Å². The van der Waals surface area contributed by atoms with Crippen LogP contribution in [0.3, 0.4) is 0 Å². The van der Waals surface area contributed by atoms with Crippen molar-refractivity contribution >= 4 is 17.5 Å². The molecule has 2 aromatic carbocycles. The molecule has 0 fully saturated rings. The van der Waals surface area contributed by atoms with Crippen LogP contribution < -0.4 is 14.8 Å². The smallest absolute Gasteiger partial charge is 0.260 e. The summed E-state index contributed by atoms with van der Waals surface area (Å²) in [4.78, 5) is 12.2. The van der Waals surface area contributed by atoms with Crippen molar-refractivity contribution < 1.29 is 14.3 Å². The summed E-state index contributed by atoms with van der Waals surface area (Å²) in [6.45, 7) is 10.4. The molecule has 0 aliphatic carbocycles. The Morgan fingerprint density at radius 2 is 1.77 bits per heavy atom. The second kappa shape index (κ2) is 8.95. The average Bonchev–Trinajstić information content (AvgIpc) is 2.59. The lowest BCUT2D eigenvalue weighted by Crippen LogP contribution is -2.38. The zero-order valence-electron chi connectivity index (χ0n) is 16.0. The maximum atomic E-state index is 12.2. The third-order valence-electron chi connectivity index (χ3n) is 4.31. The Bertz CT molecular complexity index is 766. The van der Waals surface area contributed by atoms with Gasteiger partial charge in [0.05, 0.1) is 6.54 Å². The standard InChI is InChI=1S/C21H26ClNO3/c1-13-7-6-8-19(16(13)4)25-10-9-23-21(24)17(5)26-18-11-14(2)20(22)15(3)12-18/h6-8,11-12,17H,9-10H2,1-5H3,(H,23,24)/t17-/m1/s1. The lowest BCUT2D eigenvalue weighted by Gasteiger charge is -2.17. The van der Waals surface area contributed by atoms with Gasteiger partial charge in [0.2, 0.25) is 0 Å². The number of nitrogens with one attached hydrogen (secondary N) is 1. The number of hydrogen-bond acceptors (Lipinski definition) is 3. The highest BCUT2D eigenvalue weighted by Gasteiger charge is 2.15. The van der Waals surface area contributed by atoms with Gasteiger partial charge in [-0.15, -0.1) is 0 Å². The van der Waals surface area contributed by atoms with Crippen LogP contribution in [-0.4, -0.2) is 25.2 Å². The van der Waals surface area contributed by atoms with Crippen LogP contribution in [0.2, 0.25) is 5.02 Å². The summed E-state index contributed by atoms with van der Waals surface area (Å²) in [6, 6.07) is 9.61. The van der Waals surface area contributed by atoms with Gasteiger partial charge in [-0.2, -0.15) is 0 Å². The summed E-state index contributed by atoms with van der Waals surface area (Å²) in [5.74, 6) is 1.30. The maximum absolute atomic E-state index is 12.2. The van der Waals surface area contributed by atoms with Crippen LogP contribution >= 0.6 is 11.6 Å². The minimum Gasteiger partial charge on any atom is -0.491 e. The Kier molecular flexibility index (Phi) is 6.92. The molecule has 0 radical (unpaired) electrons. The molecular formula is C21H26ClNO3. The Labute approximate surface area is 160 Å². The largest absolute Gasteiger partial charge is 0.491 e. The molecule has 2 aromatic rings. The monoisotopic (exact) mass is 375 g/mol. The minimum absolute atomic E-state index is 0.181. The van der Waals surface area contributed by atoms with Crippen molar-refractivity contribution in [1.29, 1.82) is 0 Å². The highest BCUT2D eigenvalue weighted by Crippen LogP contribution is 2.26. The Balaban J connectivity index is 1.81. The summed E-state index contributed by atoms with van der Waals surface area (Å²) in [5, 5.41) is 3.55. The number of aryl methyl sites for hydroxylation is 3. The number of amides is 1. The molecule has 0 heterocycles. The van der Waals surface area contributed by atoms with Crippen molar-refractivity contribution in [2.45, 2.75) is 40.7 Å². The van der Waals surface area contributed by atoms with Crippen molar-refractivity contribution in [3.8, 4) is 11.5 Å². The van der Waals surface area contributed by atoms with Crippen LogP contribution in [0.25, 0.3) is 0 Å². The zero-order chi connectivity index (χ0) is 19.3. The van der Waals surface area contributed by atoms with Crippen LogP contribution in [0.5, 0.6) is 11.5 Å². The lowest BCUT2D eigenvalue weighted by atomic mass is 10.1. The third kappa shape index (κ3) is 5.15. The molecule has 2 rings (SSSR count). The van der Waals surface area contributed by atoms with Crippen molar-refractivity contribution in [3.05, 3.63) is 57.6 Å². The van der Waals surface area contributed by atoms with Gasteiger partial charge in [-0.1, -0.05) is 23.7 Å².